The average molecular weight is 727 g/mol. The van der Waals surface area contributed by atoms with Gasteiger partial charge in [-0.05, 0) is 65.3 Å². The second-order valence-corrected chi connectivity index (χ2v) is 14.3. The van der Waals surface area contributed by atoms with Crippen LogP contribution in [0.25, 0.3) is 11.1 Å². The van der Waals surface area contributed by atoms with Crippen molar-refractivity contribution in [3.8, 4) is 11.1 Å². The number of aliphatic hydroxyl groups excluding tert-OH is 1. The first-order valence-electron chi connectivity index (χ1n) is 17.9. The van der Waals surface area contributed by atoms with E-state index in [1.54, 1.807) is 6.92 Å². The number of piperidine rings is 1. The first kappa shape index (κ1) is 37.7. The topological polar surface area (TPSA) is 118 Å². The zero-order valence-corrected chi connectivity index (χ0v) is 30.6. The molecule has 0 aliphatic carbocycles. The summed E-state index contributed by atoms with van der Waals surface area (Å²) in [4.78, 5) is 26.2. The molecule has 0 bridgehead atoms. The molecule has 6 rings (SSSR count). The number of likely N-dealkylation sites (tertiary alicyclic amines) is 1. The summed E-state index contributed by atoms with van der Waals surface area (Å²) in [5.74, 6) is -0.841. The van der Waals surface area contributed by atoms with Crippen LogP contribution in [0.1, 0.15) is 73.8 Å². The molecule has 274 valence electrons. The zero-order chi connectivity index (χ0) is 36.8. The summed E-state index contributed by atoms with van der Waals surface area (Å²) in [6.07, 6.45) is -0.674. The molecular formula is C42H47ClN2O7. The van der Waals surface area contributed by atoms with Gasteiger partial charge in [0.1, 0.15) is 0 Å². The Hall–Kier alpha value is -4.09. The summed E-state index contributed by atoms with van der Waals surface area (Å²) in [5, 5.41) is 24.6. The number of aliphatic hydroxyl groups is 2. The third-order valence-corrected chi connectivity index (χ3v) is 10.6. The predicted molar refractivity (Wildman–Crippen MR) is 199 cm³/mol. The van der Waals surface area contributed by atoms with Gasteiger partial charge in [-0.2, -0.15) is 0 Å². The number of hydrogen-bond donors (Lipinski definition) is 3. The number of ether oxygens (including phenoxy) is 3. The lowest BCUT2D eigenvalue weighted by Gasteiger charge is -2.45. The molecule has 5 atom stereocenters. The van der Waals surface area contributed by atoms with Crippen LogP contribution in [0.2, 0.25) is 5.02 Å². The van der Waals surface area contributed by atoms with E-state index in [1.807, 2.05) is 97.1 Å². The SMILES string of the molecule is CC(=O)OC(C)C(=O)NCc1ccccc1-c1ccc(C2OC(CN3CCC(O)(c4ccc(Cl)cc4)CC3)C(C)C(c3ccc(CO)cc3)O2)cc1. The standard InChI is InChI=1S/C42H47ClN2O7/c1-27-38(25-45-22-20-42(49,21-23-45)35-16-18-36(43)19-17-35)51-41(52-39(27)32-10-8-30(26-46)9-11-32)33-14-12-31(13-15-33)37-7-5-4-6-34(37)24-44-40(48)28(2)50-29(3)47/h4-19,27-28,38-39,41,46,49H,20-26H2,1-3H3,(H,44,48). The molecule has 2 fully saturated rings. The highest BCUT2D eigenvalue weighted by atomic mass is 35.5. The van der Waals surface area contributed by atoms with E-state index in [-0.39, 0.29) is 37.2 Å². The highest BCUT2D eigenvalue weighted by Crippen LogP contribution is 2.43. The lowest BCUT2D eigenvalue weighted by Crippen LogP contribution is -2.49. The molecule has 0 radical (unpaired) electrons. The number of halogens is 1. The van der Waals surface area contributed by atoms with Gasteiger partial charge in [0.2, 0.25) is 0 Å². The van der Waals surface area contributed by atoms with E-state index in [0.717, 1.165) is 52.0 Å². The largest absolute Gasteiger partial charge is 0.453 e. The molecule has 2 saturated heterocycles. The van der Waals surface area contributed by atoms with Crippen LogP contribution < -0.4 is 5.32 Å². The first-order chi connectivity index (χ1) is 25.0. The van der Waals surface area contributed by atoms with Crippen molar-refractivity contribution in [1.29, 1.82) is 0 Å². The minimum atomic E-state index is -0.892. The van der Waals surface area contributed by atoms with Crippen LogP contribution >= 0.6 is 11.6 Å². The lowest BCUT2D eigenvalue weighted by atomic mass is 9.84. The van der Waals surface area contributed by atoms with Crippen LogP contribution in [0.4, 0.5) is 0 Å². The third kappa shape index (κ3) is 8.92. The normalized spacial score (nSPS) is 22.3. The van der Waals surface area contributed by atoms with Crippen LogP contribution in [0.5, 0.6) is 0 Å². The van der Waals surface area contributed by atoms with Crippen molar-refractivity contribution in [3.05, 3.63) is 130 Å². The van der Waals surface area contributed by atoms with Crippen LogP contribution in [0, 0.1) is 5.92 Å². The molecule has 52 heavy (non-hydrogen) atoms. The monoisotopic (exact) mass is 726 g/mol. The average Bonchev–Trinajstić information content (AvgIpc) is 3.16. The number of carbonyl (C=O) groups is 2. The predicted octanol–water partition coefficient (Wildman–Crippen LogP) is 6.84. The van der Waals surface area contributed by atoms with Gasteiger partial charge in [-0.15, -0.1) is 0 Å². The Morgan fingerprint density at radius 2 is 1.60 bits per heavy atom. The van der Waals surface area contributed by atoms with Gasteiger partial charge in [-0.3, -0.25) is 9.59 Å². The van der Waals surface area contributed by atoms with E-state index < -0.39 is 24.0 Å². The molecule has 2 aliphatic heterocycles. The summed E-state index contributed by atoms with van der Waals surface area (Å²) in [7, 11) is 0. The van der Waals surface area contributed by atoms with E-state index in [4.69, 9.17) is 25.8 Å². The number of nitrogens with zero attached hydrogens (tertiary/aromatic N) is 1. The van der Waals surface area contributed by atoms with E-state index in [1.165, 1.54) is 6.92 Å². The summed E-state index contributed by atoms with van der Waals surface area (Å²) in [6, 6.07) is 31.3. The summed E-state index contributed by atoms with van der Waals surface area (Å²) in [5.41, 5.74) is 5.61. The first-order valence-corrected chi connectivity index (χ1v) is 18.3. The van der Waals surface area contributed by atoms with Crippen LogP contribution in [0.15, 0.2) is 97.1 Å². The number of esters is 1. The maximum Gasteiger partial charge on any atom is 0.303 e. The molecule has 0 spiro atoms. The summed E-state index contributed by atoms with van der Waals surface area (Å²) in [6.45, 7) is 7.38. The number of amides is 1. The van der Waals surface area contributed by atoms with Gasteiger partial charge in [0, 0.05) is 49.6 Å². The molecule has 2 heterocycles. The second-order valence-electron chi connectivity index (χ2n) is 13.9. The van der Waals surface area contributed by atoms with Crippen LogP contribution in [0.3, 0.4) is 0 Å². The van der Waals surface area contributed by atoms with Gasteiger partial charge in [0.25, 0.3) is 5.91 Å². The molecule has 4 aromatic rings. The molecular weight excluding hydrogens is 680 g/mol. The van der Waals surface area contributed by atoms with E-state index >= 15 is 0 Å². The number of nitrogens with one attached hydrogen (secondary N) is 1. The third-order valence-electron chi connectivity index (χ3n) is 10.3. The Balaban J connectivity index is 1.18. The zero-order valence-electron chi connectivity index (χ0n) is 29.8. The maximum atomic E-state index is 12.5. The van der Waals surface area contributed by atoms with E-state index in [2.05, 4.69) is 17.1 Å². The number of carbonyl (C=O) groups excluding carboxylic acids is 2. The fourth-order valence-electron chi connectivity index (χ4n) is 7.14. The van der Waals surface area contributed by atoms with Crippen molar-refractivity contribution in [2.45, 2.75) is 77.0 Å². The minimum absolute atomic E-state index is 0.0255. The Morgan fingerprint density at radius 3 is 2.25 bits per heavy atom. The smallest absolute Gasteiger partial charge is 0.303 e. The Labute approximate surface area is 310 Å². The Kier molecular flexibility index (Phi) is 12.1. The summed E-state index contributed by atoms with van der Waals surface area (Å²) >= 11 is 6.10. The fraction of sp³-hybridized carbons (Fsp3) is 0.381. The van der Waals surface area contributed by atoms with Crippen LogP contribution in [-0.4, -0.2) is 58.8 Å². The Bertz CT molecular complexity index is 1810. The fourth-order valence-corrected chi connectivity index (χ4v) is 7.27. The van der Waals surface area contributed by atoms with Gasteiger partial charge in [-0.25, -0.2) is 0 Å². The minimum Gasteiger partial charge on any atom is -0.453 e. The van der Waals surface area contributed by atoms with Gasteiger partial charge < -0.3 is 34.6 Å². The van der Waals surface area contributed by atoms with Gasteiger partial charge in [-0.1, -0.05) is 103 Å². The van der Waals surface area contributed by atoms with Gasteiger partial charge in [0.15, 0.2) is 12.4 Å². The quantitative estimate of drug-likeness (QED) is 0.144. The van der Waals surface area contributed by atoms with Crippen molar-refractivity contribution < 1.29 is 34.0 Å². The highest BCUT2D eigenvalue weighted by molar-refractivity contribution is 6.30. The molecule has 5 unspecified atom stereocenters. The lowest BCUT2D eigenvalue weighted by molar-refractivity contribution is -0.277. The molecule has 3 N–H and O–H groups in total. The second kappa shape index (κ2) is 16.7. The van der Waals surface area contributed by atoms with E-state index in [0.29, 0.717) is 24.4 Å². The molecule has 1 amide bonds. The highest BCUT2D eigenvalue weighted by Gasteiger charge is 2.41. The Morgan fingerprint density at radius 1 is 0.942 bits per heavy atom. The van der Waals surface area contributed by atoms with Crippen molar-refractivity contribution in [1.82, 2.24) is 10.2 Å². The summed E-state index contributed by atoms with van der Waals surface area (Å²) < 4.78 is 18.5. The van der Waals surface area contributed by atoms with E-state index in [9.17, 15) is 19.8 Å². The molecule has 4 aromatic carbocycles. The molecule has 10 heteroatoms. The van der Waals surface area contributed by atoms with Gasteiger partial charge in [0.05, 0.1) is 24.4 Å². The molecule has 0 saturated carbocycles. The number of hydrogen-bond acceptors (Lipinski definition) is 8. The van der Waals surface area contributed by atoms with Crippen molar-refractivity contribution in [3.63, 3.8) is 0 Å². The molecule has 2 aliphatic rings. The molecule has 9 nitrogen and oxygen atoms in total. The number of benzene rings is 4. The van der Waals surface area contributed by atoms with Crippen molar-refractivity contribution in [2.75, 3.05) is 19.6 Å². The van der Waals surface area contributed by atoms with Gasteiger partial charge >= 0.3 is 5.97 Å². The molecule has 0 aromatic heterocycles. The number of rotatable bonds is 11. The van der Waals surface area contributed by atoms with Crippen LogP contribution in [-0.2, 0) is 42.6 Å². The maximum absolute atomic E-state index is 12.5. The van der Waals surface area contributed by atoms with Crippen molar-refractivity contribution >= 4 is 23.5 Å². The van der Waals surface area contributed by atoms with Crippen molar-refractivity contribution in [2.24, 2.45) is 5.92 Å².